The van der Waals surface area contributed by atoms with Crippen LogP contribution in [0.5, 0.6) is 0 Å². The lowest BCUT2D eigenvalue weighted by Crippen LogP contribution is -2.20. The van der Waals surface area contributed by atoms with E-state index < -0.39 is 12.3 Å². The van der Waals surface area contributed by atoms with Gasteiger partial charge >= 0.3 is 6.43 Å². The van der Waals surface area contributed by atoms with Crippen molar-refractivity contribution in [3.63, 3.8) is 0 Å². The SMILES string of the molecule is Cc1cc(Cl)c(NC(=O)C(F)F)cc1Cl. The minimum absolute atomic E-state index is 0.0811. The van der Waals surface area contributed by atoms with Gasteiger partial charge < -0.3 is 5.32 Å². The predicted octanol–water partition coefficient (Wildman–Crippen LogP) is 3.51. The number of carbonyl (C=O) groups is 1. The lowest BCUT2D eigenvalue weighted by Gasteiger charge is -2.08. The van der Waals surface area contributed by atoms with Crippen LogP contribution in [0.25, 0.3) is 0 Å². The molecule has 0 fully saturated rings. The third-order valence-electron chi connectivity index (χ3n) is 1.70. The van der Waals surface area contributed by atoms with Crippen LogP contribution in [0, 0.1) is 6.92 Å². The van der Waals surface area contributed by atoms with E-state index in [2.05, 4.69) is 0 Å². The van der Waals surface area contributed by atoms with Crippen LogP contribution in [-0.4, -0.2) is 12.3 Å². The van der Waals surface area contributed by atoms with Crippen LogP contribution in [0.3, 0.4) is 0 Å². The third kappa shape index (κ3) is 3.04. The molecule has 0 bridgehead atoms. The standard InChI is InChI=1S/C9H7Cl2F2NO/c1-4-2-6(11)7(3-5(4)10)14-9(15)8(12)13/h2-3,8H,1H3,(H,14,15). The molecule has 0 aromatic heterocycles. The molecule has 0 aliphatic carbocycles. The molecular weight excluding hydrogens is 247 g/mol. The van der Waals surface area contributed by atoms with Crippen molar-refractivity contribution in [2.24, 2.45) is 0 Å². The predicted molar refractivity (Wildman–Crippen MR) is 55.8 cm³/mol. The molecular formula is C9H7Cl2F2NO. The molecule has 0 radical (unpaired) electrons. The van der Waals surface area contributed by atoms with E-state index >= 15 is 0 Å². The fraction of sp³-hybridized carbons (Fsp3) is 0.222. The second kappa shape index (κ2) is 4.77. The molecule has 1 rings (SSSR count). The van der Waals surface area contributed by atoms with Gasteiger partial charge in [-0.2, -0.15) is 8.78 Å². The van der Waals surface area contributed by atoms with Crippen LogP contribution in [0.15, 0.2) is 12.1 Å². The van der Waals surface area contributed by atoms with E-state index in [4.69, 9.17) is 23.2 Å². The number of amides is 1. The fourth-order valence-corrected chi connectivity index (χ4v) is 1.36. The fourth-order valence-electron chi connectivity index (χ4n) is 0.929. The number of alkyl halides is 2. The first-order valence-electron chi connectivity index (χ1n) is 3.96. The molecule has 1 aromatic rings. The molecule has 82 valence electrons. The van der Waals surface area contributed by atoms with Crippen LogP contribution in [0.2, 0.25) is 10.0 Å². The van der Waals surface area contributed by atoms with Gasteiger partial charge in [0, 0.05) is 5.02 Å². The maximum atomic E-state index is 11.9. The van der Waals surface area contributed by atoms with Gasteiger partial charge in [0.25, 0.3) is 5.91 Å². The number of rotatable bonds is 2. The summed E-state index contributed by atoms with van der Waals surface area (Å²) in [6, 6.07) is 2.82. The molecule has 1 aromatic carbocycles. The maximum Gasteiger partial charge on any atom is 0.315 e. The Kier molecular flexibility index (Phi) is 3.88. The molecule has 1 amide bonds. The summed E-state index contributed by atoms with van der Waals surface area (Å²) >= 11 is 11.5. The van der Waals surface area contributed by atoms with E-state index in [9.17, 15) is 13.6 Å². The van der Waals surface area contributed by atoms with Crippen molar-refractivity contribution >= 4 is 34.8 Å². The second-order valence-corrected chi connectivity index (χ2v) is 3.69. The Hall–Kier alpha value is -0.870. The summed E-state index contributed by atoms with van der Waals surface area (Å²) in [5.41, 5.74) is 0.786. The molecule has 2 nitrogen and oxygen atoms in total. The summed E-state index contributed by atoms with van der Waals surface area (Å²) in [5.74, 6) is -1.41. The zero-order valence-corrected chi connectivity index (χ0v) is 9.16. The normalized spacial score (nSPS) is 10.5. The quantitative estimate of drug-likeness (QED) is 0.859. The van der Waals surface area contributed by atoms with Gasteiger partial charge in [-0.1, -0.05) is 23.2 Å². The van der Waals surface area contributed by atoms with Gasteiger partial charge in [0.2, 0.25) is 0 Å². The minimum Gasteiger partial charge on any atom is -0.320 e. The largest absolute Gasteiger partial charge is 0.320 e. The first-order valence-corrected chi connectivity index (χ1v) is 4.72. The minimum atomic E-state index is -3.08. The van der Waals surface area contributed by atoms with E-state index in [1.165, 1.54) is 12.1 Å². The number of hydrogen-bond donors (Lipinski definition) is 1. The second-order valence-electron chi connectivity index (χ2n) is 2.87. The monoisotopic (exact) mass is 253 g/mol. The zero-order chi connectivity index (χ0) is 11.6. The van der Waals surface area contributed by atoms with E-state index in [0.717, 1.165) is 0 Å². The van der Waals surface area contributed by atoms with Crippen LogP contribution in [-0.2, 0) is 4.79 Å². The number of nitrogens with one attached hydrogen (secondary N) is 1. The van der Waals surface area contributed by atoms with Crippen molar-refractivity contribution < 1.29 is 13.6 Å². The van der Waals surface area contributed by atoms with Crippen LogP contribution < -0.4 is 5.32 Å². The Morgan fingerprint density at radius 1 is 1.33 bits per heavy atom. The van der Waals surface area contributed by atoms with Crippen molar-refractivity contribution in [1.82, 2.24) is 0 Å². The summed E-state index contributed by atoms with van der Waals surface area (Å²) in [4.78, 5) is 10.7. The molecule has 0 aliphatic heterocycles. The Bertz CT molecular complexity index is 396. The number of anilines is 1. The van der Waals surface area contributed by atoms with E-state index in [1.54, 1.807) is 6.92 Å². The maximum absolute atomic E-state index is 11.9. The average Bonchev–Trinajstić information content (AvgIpc) is 2.13. The number of hydrogen-bond acceptors (Lipinski definition) is 1. The molecule has 0 spiro atoms. The van der Waals surface area contributed by atoms with Crippen molar-refractivity contribution in [1.29, 1.82) is 0 Å². The summed E-state index contributed by atoms with van der Waals surface area (Å²) in [5, 5.41) is 2.50. The number of halogens is 4. The summed E-state index contributed by atoms with van der Waals surface area (Å²) in [6.07, 6.45) is -3.08. The smallest absolute Gasteiger partial charge is 0.315 e. The molecule has 6 heteroatoms. The molecule has 0 atom stereocenters. The third-order valence-corrected chi connectivity index (χ3v) is 2.42. The van der Waals surface area contributed by atoms with E-state index in [-0.39, 0.29) is 10.7 Å². The number of benzene rings is 1. The zero-order valence-electron chi connectivity index (χ0n) is 7.65. The van der Waals surface area contributed by atoms with Gasteiger partial charge in [-0.3, -0.25) is 4.79 Å². The van der Waals surface area contributed by atoms with Crippen molar-refractivity contribution in [3.8, 4) is 0 Å². The lowest BCUT2D eigenvalue weighted by molar-refractivity contribution is -0.126. The van der Waals surface area contributed by atoms with Crippen LogP contribution >= 0.6 is 23.2 Å². The van der Waals surface area contributed by atoms with E-state index in [1.807, 2.05) is 5.32 Å². The Balaban J connectivity index is 2.96. The van der Waals surface area contributed by atoms with Crippen molar-refractivity contribution in [3.05, 3.63) is 27.7 Å². The molecule has 1 N–H and O–H groups in total. The van der Waals surface area contributed by atoms with Gasteiger partial charge in [-0.15, -0.1) is 0 Å². The summed E-state index contributed by atoms with van der Waals surface area (Å²) in [6.45, 7) is 1.72. The molecule has 0 saturated carbocycles. The van der Waals surface area contributed by atoms with Crippen LogP contribution in [0.1, 0.15) is 5.56 Å². The Labute approximate surface area is 95.2 Å². The lowest BCUT2D eigenvalue weighted by atomic mass is 10.2. The number of aryl methyl sites for hydroxylation is 1. The van der Waals surface area contributed by atoms with Crippen LogP contribution in [0.4, 0.5) is 14.5 Å². The van der Waals surface area contributed by atoms with E-state index in [0.29, 0.717) is 10.6 Å². The first kappa shape index (κ1) is 12.2. The summed E-state index contributed by atoms with van der Waals surface area (Å²) < 4.78 is 23.9. The highest BCUT2D eigenvalue weighted by molar-refractivity contribution is 6.36. The Morgan fingerprint density at radius 2 is 1.93 bits per heavy atom. The molecule has 0 unspecified atom stereocenters. The average molecular weight is 254 g/mol. The topological polar surface area (TPSA) is 29.1 Å². The highest BCUT2D eigenvalue weighted by atomic mass is 35.5. The molecule has 15 heavy (non-hydrogen) atoms. The highest BCUT2D eigenvalue weighted by Crippen LogP contribution is 2.28. The molecule has 0 heterocycles. The van der Waals surface area contributed by atoms with Gasteiger partial charge in [0.15, 0.2) is 0 Å². The molecule has 0 saturated heterocycles. The van der Waals surface area contributed by atoms with Gasteiger partial charge in [0.05, 0.1) is 10.7 Å². The number of carbonyl (C=O) groups excluding carboxylic acids is 1. The van der Waals surface area contributed by atoms with Gasteiger partial charge in [0.1, 0.15) is 0 Å². The molecule has 0 aliphatic rings. The van der Waals surface area contributed by atoms with Gasteiger partial charge in [-0.25, -0.2) is 0 Å². The first-order chi connectivity index (χ1) is 6.91. The highest BCUT2D eigenvalue weighted by Gasteiger charge is 2.16. The van der Waals surface area contributed by atoms with Crippen molar-refractivity contribution in [2.75, 3.05) is 5.32 Å². The summed E-state index contributed by atoms with van der Waals surface area (Å²) in [7, 11) is 0. The Morgan fingerprint density at radius 3 is 2.47 bits per heavy atom. The van der Waals surface area contributed by atoms with Crippen molar-refractivity contribution in [2.45, 2.75) is 13.3 Å². The van der Waals surface area contributed by atoms with Gasteiger partial charge in [-0.05, 0) is 24.6 Å².